The summed E-state index contributed by atoms with van der Waals surface area (Å²) < 4.78 is 1.35. The van der Waals surface area contributed by atoms with Crippen molar-refractivity contribution in [2.24, 2.45) is 0 Å². The highest BCUT2D eigenvalue weighted by molar-refractivity contribution is 7.99. The van der Waals surface area contributed by atoms with Crippen molar-refractivity contribution in [3.8, 4) is 0 Å². The second kappa shape index (κ2) is 14.6. The molecule has 1 aliphatic rings. The molecule has 0 atom stereocenters. The van der Waals surface area contributed by atoms with Gasteiger partial charge in [0.25, 0.3) is 0 Å². The minimum absolute atomic E-state index is 1.35. The van der Waals surface area contributed by atoms with E-state index in [-0.39, 0.29) is 0 Å². The Labute approximate surface area is 151 Å². The van der Waals surface area contributed by atoms with E-state index < -0.39 is 0 Å². The number of rotatable bonds is 16. The van der Waals surface area contributed by atoms with Crippen molar-refractivity contribution in [3.05, 3.63) is 0 Å². The molecule has 0 saturated carbocycles. The number of unbranched alkanes of at least 4 members (excludes halogenated alkanes) is 11. The lowest BCUT2D eigenvalue weighted by atomic mass is 10.1. The lowest BCUT2D eigenvalue weighted by Gasteiger charge is -2.28. The third kappa shape index (κ3) is 12.3. The summed E-state index contributed by atoms with van der Waals surface area (Å²) in [6, 6.07) is 0. The third-order valence-electron chi connectivity index (χ3n) is 5.56. The zero-order valence-electron chi connectivity index (χ0n) is 16.3. The first-order valence-corrected chi connectivity index (χ1v) is 11.8. The molecule has 0 aromatic heterocycles. The van der Waals surface area contributed by atoms with Crippen LogP contribution < -0.4 is 0 Å². The number of hydrogen-bond acceptors (Lipinski definition) is 1. The van der Waals surface area contributed by atoms with Gasteiger partial charge in [0.15, 0.2) is 0 Å². The van der Waals surface area contributed by atoms with Gasteiger partial charge in [-0.05, 0) is 12.2 Å². The number of likely N-dealkylation sites (tertiary alicyclic amines) is 1. The lowest BCUT2D eigenvalue weighted by Crippen LogP contribution is -2.42. The molecule has 1 rings (SSSR count). The van der Waals surface area contributed by atoms with E-state index in [2.05, 4.69) is 25.7 Å². The summed E-state index contributed by atoms with van der Waals surface area (Å²) in [5.74, 6) is 2.78. The van der Waals surface area contributed by atoms with Gasteiger partial charge in [-0.3, -0.25) is 0 Å². The topological polar surface area (TPSA) is 0 Å². The molecule has 0 N–H and O–H groups in total. The zero-order chi connectivity index (χ0) is 16.6. The average Bonchev–Trinajstić information content (AvgIpc) is 2.98. The van der Waals surface area contributed by atoms with Crippen LogP contribution in [0.4, 0.5) is 0 Å². The Morgan fingerprint density at radius 3 is 1.65 bits per heavy atom. The molecular weight excluding hydrogens is 298 g/mol. The Bertz CT molecular complexity index is 248. The first kappa shape index (κ1) is 21.4. The van der Waals surface area contributed by atoms with Crippen molar-refractivity contribution < 1.29 is 4.48 Å². The molecule has 0 aliphatic carbocycles. The summed E-state index contributed by atoms with van der Waals surface area (Å²) in [5.41, 5.74) is 0. The fourth-order valence-corrected chi connectivity index (χ4v) is 4.94. The van der Waals surface area contributed by atoms with Crippen molar-refractivity contribution in [2.45, 2.75) is 96.8 Å². The summed E-state index contributed by atoms with van der Waals surface area (Å²) >= 11 is 2.20. The van der Waals surface area contributed by atoms with Crippen LogP contribution in [0.5, 0.6) is 0 Å². The van der Waals surface area contributed by atoms with E-state index in [1.165, 1.54) is 126 Å². The zero-order valence-corrected chi connectivity index (χ0v) is 17.1. The smallest absolute Gasteiger partial charge is 0.0876 e. The van der Waals surface area contributed by atoms with Gasteiger partial charge >= 0.3 is 0 Å². The van der Waals surface area contributed by atoms with Gasteiger partial charge in [-0.2, -0.15) is 11.8 Å². The molecule has 2 heteroatoms. The summed E-state index contributed by atoms with van der Waals surface area (Å²) in [6.07, 6.45) is 20.5. The molecule has 0 unspecified atom stereocenters. The van der Waals surface area contributed by atoms with Gasteiger partial charge in [0.1, 0.15) is 0 Å². The molecule has 1 nitrogen and oxygen atoms in total. The van der Waals surface area contributed by atoms with Gasteiger partial charge in [-0.1, -0.05) is 77.6 Å². The average molecular weight is 343 g/mol. The molecule has 138 valence electrons. The van der Waals surface area contributed by atoms with E-state index in [9.17, 15) is 0 Å². The lowest BCUT2D eigenvalue weighted by molar-refractivity contribution is -0.895. The monoisotopic (exact) mass is 342 g/mol. The van der Waals surface area contributed by atoms with Crippen LogP contribution in [0.15, 0.2) is 0 Å². The Hall–Kier alpha value is 0.310. The third-order valence-corrected chi connectivity index (χ3v) is 6.61. The molecule has 23 heavy (non-hydrogen) atoms. The van der Waals surface area contributed by atoms with Crippen LogP contribution in [0.2, 0.25) is 0 Å². The maximum atomic E-state index is 2.46. The van der Waals surface area contributed by atoms with Crippen LogP contribution in [0.3, 0.4) is 0 Å². The number of quaternary nitrogens is 1. The van der Waals surface area contributed by atoms with E-state index in [1.807, 2.05) is 0 Å². The molecule has 0 radical (unpaired) electrons. The van der Waals surface area contributed by atoms with Crippen molar-refractivity contribution in [1.29, 1.82) is 0 Å². The van der Waals surface area contributed by atoms with E-state index in [0.717, 1.165) is 0 Å². The van der Waals surface area contributed by atoms with Gasteiger partial charge in [0.2, 0.25) is 0 Å². The quantitative estimate of drug-likeness (QED) is 0.223. The normalized spacial score (nSPS) is 17.0. The highest BCUT2D eigenvalue weighted by atomic mass is 32.2. The predicted octanol–water partition coefficient (Wildman–Crippen LogP) is 6.66. The van der Waals surface area contributed by atoms with Crippen molar-refractivity contribution in [3.63, 3.8) is 0 Å². The van der Waals surface area contributed by atoms with Crippen molar-refractivity contribution in [2.75, 3.05) is 38.2 Å². The molecule has 1 heterocycles. The van der Waals surface area contributed by atoms with Crippen LogP contribution >= 0.6 is 11.8 Å². The fourth-order valence-electron chi connectivity index (χ4n) is 3.75. The number of thioether (sulfide) groups is 1. The molecule has 0 spiro atoms. The van der Waals surface area contributed by atoms with Crippen molar-refractivity contribution in [1.82, 2.24) is 0 Å². The van der Waals surface area contributed by atoms with Gasteiger partial charge in [-0.15, -0.1) is 0 Å². The maximum absolute atomic E-state index is 2.46. The molecule has 0 aromatic carbocycles. The molecule has 1 saturated heterocycles. The summed E-state index contributed by atoms with van der Waals surface area (Å²) in [7, 11) is 2.46. The second-order valence-corrected chi connectivity index (χ2v) is 9.22. The highest BCUT2D eigenvalue weighted by Crippen LogP contribution is 2.18. The molecule has 1 aliphatic heterocycles. The Kier molecular flexibility index (Phi) is 13.6. The SMILES string of the molecule is CCCCCCCCCCCCCCSCC[N+]1(C)CCCC1. The molecule has 0 amide bonds. The summed E-state index contributed by atoms with van der Waals surface area (Å²) in [6.45, 7) is 6.56. The van der Waals surface area contributed by atoms with Crippen LogP contribution in [-0.4, -0.2) is 42.7 Å². The Morgan fingerprint density at radius 2 is 1.13 bits per heavy atom. The fraction of sp³-hybridized carbons (Fsp3) is 1.00. The molecule has 1 fully saturated rings. The van der Waals surface area contributed by atoms with Gasteiger partial charge in [-0.25, -0.2) is 0 Å². The predicted molar refractivity (Wildman–Crippen MR) is 108 cm³/mol. The Balaban J connectivity index is 1.70. The van der Waals surface area contributed by atoms with E-state index in [0.29, 0.717) is 0 Å². The minimum atomic E-state index is 1.35. The molecular formula is C21H44NS+. The van der Waals surface area contributed by atoms with Crippen LogP contribution in [-0.2, 0) is 0 Å². The van der Waals surface area contributed by atoms with Gasteiger partial charge in [0.05, 0.1) is 26.7 Å². The van der Waals surface area contributed by atoms with Gasteiger partial charge < -0.3 is 4.48 Å². The minimum Gasteiger partial charge on any atom is -0.325 e. The largest absolute Gasteiger partial charge is 0.325 e. The van der Waals surface area contributed by atoms with Gasteiger partial charge in [0, 0.05) is 18.6 Å². The number of hydrogen-bond donors (Lipinski definition) is 0. The highest BCUT2D eigenvalue weighted by Gasteiger charge is 2.25. The first-order chi connectivity index (χ1) is 11.3. The molecule has 0 bridgehead atoms. The summed E-state index contributed by atoms with van der Waals surface area (Å²) in [5, 5.41) is 0. The van der Waals surface area contributed by atoms with Crippen LogP contribution in [0.1, 0.15) is 96.8 Å². The first-order valence-electron chi connectivity index (χ1n) is 10.7. The Morgan fingerprint density at radius 1 is 0.652 bits per heavy atom. The maximum Gasteiger partial charge on any atom is 0.0876 e. The second-order valence-electron chi connectivity index (χ2n) is 8.00. The van der Waals surface area contributed by atoms with E-state index >= 15 is 0 Å². The van der Waals surface area contributed by atoms with Crippen molar-refractivity contribution >= 4 is 11.8 Å². The van der Waals surface area contributed by atoms with Crippen LogP contribution in [0.25, 0.3) is 0 Å². The van der Waals surface area contributed by atoms with E-state index in [1.54, 1.807) is 0 Å². The van der Waals surface area contributed by atoms with Crippen LogP contribution in [0, 0.1) is 0 Å². The number of nitrogens with zero attached hydrogens (tertiary/aromatic N) is 1. The summed E-state index contributed by atoms with van der Waals surface area (Å²) in [4.78, 5) is 0. The molecule has 0 aromatic rings. The van der Waals surface area contributed by atoms with E-state index in [4.69, 9.17) is 0 Å². The standard InChI is InChI=1S/C21H44NS/c1-3-4-5-6-7-8-9-10-11-12-13-16-20-23-21-19-22(2)17-14-15-18-22/h3-21H2,1-2H3/q+1.